The molecule has 6 heteroatoms. The van der Waals surface area contributed by atoms with Crippen LogP contribution in [-0.2, 0) is 11.3 Å². The van der Waals surface area contributed by atoms with Crippen LogP contribution in [0.3, 0.4) is 0 Å². The van der Waals surface area contributed by atoms with Gasteiger partial charge in [-0.3, -0.25) is 4.79 Å². The third kappa shape index (κ3) is 11.0. The maximum Gasteiger partial charge on any atom is 0.216 e. The Kier molecular flexibility index (Phi) is 12.4. The molecule has 0 saturated carbocycles. The average Bonchev–Trinajstić information content (AvgIpc) is 2.50. The zero-order valence-corrected chi connectivity index (χ0v) is 16.6. The van der Waals surface area contributed by atoms with Gasteiger partial charge in [0, 0.05) is 26.6 Å². The third-order valence-corrected chi connectivity index (χ3v) is 3.15. The van der Waals surface area contributed by atoms with Crippen molar-refractivity contribution in [1.82, 2.24) is 16.0 Å². The molecule has 0 spiro atoms. The summed E-state index contributed by atoms with van der Waals surface area (Å²) in [5.41, 5.74) is 2.44. The Morgan fingerprint density at radius 2 is 1.65 bits per heavy atom. The summed E-state index contributed by atoms with van der Waals surface area (Å²) in [5.74, 6) is 0.776. The molecule has 1 amide bonds. The fraction of sp³-hybridized carbons (Fsp3) is 0.529. The fourth-order valence-electron chi connectivity index (χ4n) is 1.84. The topological polar surface area (TPSA) is 65.5 Å². The molecule has 0 heterocycles. The van der Waals surface area contributed by atoms with Gasteiger partial charge in [-0.05, 0) is 18.9 Å². The Balaban J connectivity index is 0.00000484. The van der Waals surface area contributed by atoms with Gasteiger partial charge in [-0.2, -0.15) is 0 Å². The lowest BCUT2D eigenvalue weighted by Gasteiger charge is -2.12. The van der Waals surface area contributed by atoms with Crippen LogP contribution >= 0.6 is 24.0 Å². The van der Waals surface area contributed by atoms with Crippen LogP contribution in [0.25, 0.3) is 0 Å². The van der Waals surface area contributed by atoms with Crippen molar-refractivity contribution in [1.29, 1.82) is 0 Å². The molecule has 0 radical (unpaired) electrons. The summed E-state index contributed by atoms with van der Waals surface area (Å²) < 4.78 is 0. The van der Waals surface area contributed by atoms with Crippen LogP contribution in [0.2, 0.25) is 0 Å². The van der Waals surface area contributed by atoms with Gasteiger partial charge in [0.2, 0.25) is 5.91 Å². The first kappa shape index (κ1) is 21.7. The molecular formula is C17H29IN4O. The Labute approximate surface area is 156 Å². The first-order chi connectivity index (χ1) is 10.6. The van der Waals surface area contributed by atoms with Gasteiger partial charge in [-0.1, -0.05) is 43.2 Å². The summed E-state index contributed by atoms with van der Waals surface area (Å²) in [6.07, 6.45) is 2.25. The van der Waals surface area contributed by atoms with Gasteiger partial charge in [0.05, 0.1) is 6.54 Å². The zero-order valence-electron chi connectivity index (χ0n) is 14.3. The first-order valence-electron chi connectivity index (χ1n) is 7.94. The van der Waals surface area contributed by atoms with E-state index in [4.69, 9.17) is 0 Å². The molecule has 0 bridgehead atoms. The summed E-state index contributed by atoms with van der Waals surface area (Å²) in [4.78, 5) is 15.4. The quantitative estimate of drug-likeness (QED) is 0.256. The van der Waals surface area contributed by atoms with Gasteiger partial charge >= 0.3 is 0 Å². The van der Waals surface area contributed by atoms with Gasteiger partial charge in [-0.15, -0.1) is 24.0 Å². The van der Waals surface area contributed by atoms with E-state index in [1.165, 1.54) is 18.1 Å². The van der Waals surface area contributed by atoms with Crippen molar-refractivity contribution in [3.8, 4) is 0 Å². The lowest BCUT2D eigenvalue weighted by Crippen LogP contribution is -2.41. The summed E-state index contributed by atoms with van der Waals surface area (Å²) in [6.45, 7) is 8.55. The van der Waals surface area contributed by atoms with Crippen LogP contribution in [0.1, 0.15) is 37.8 Å². The highest BCUT2D eigenvalue weighted by atomic mass is 127. The monoisotopic (exact) mass is 432 g/mol. The number of nitrogens with zero attached hydrogens (tertiary/aromatic N) is 1. The van der Waals surface area contributed by atoms with Crippen LogP contribution < -0.4 is 16.0 Å². The number of nitrogens with one attached hydrogen (secondary N) is 3. The number of guanidine groups is 1. The fourth-order valence-corrected chi connectivity index (χ4v) is 1.84. The van der Waals surface area contributed by atoms with E-state index in [0.29, 0.717) is 19.6 Å². The number of halogens is 1. The molecule has 0 aromatic heterocycles. The van der Waals surface area contributed by atoms with E-state index >= 15 is 0 Å². The number of carbonyl (C=O) groups is 1. The number of carbonyl (C=O) groups excluding carboxylic acids is 1. The summed E-state index contributed by atoms with van der Waals surface area (Å²) >= 11 is 0. The largest absolute Gasteiger partial charge is 0.356 e. The van der Waals surface area contributed by atoms with Crippen LogP contribution in [0.5, 0.6) is 0 Å². The zero-order chi connectivity index (χ0) is 16.2. The SMILES string of the molecule is CCCCNC(=NCc1ccc(C)cc1)NCCNC(C)=O.I. The third-order valence-electron chi connectivity index (χ3n) is 3.15. The molecule has 0 fully saturated rings. The Hall–Kier alpha value is -1.31. The lowest BCUT2D eigenvalue weighted by atomic mass is 10.1. The molecule has 0 unspecified atom stereocenters. The van der Waals surface area contributed by atoms with Gasteiger partial charge in [-0.25, -0.2) is 4.99 Å². The van der Waals surface area contributed by atoms with Gasteiger partial charge in [0.15, 0.2) is 5.96 Å². The number of aliphatic imine (C=N–C) groups is 1. The number of hydrogen-bond donors (Lipinski definition) is 3. The van der Waals surface area contributed by atoms with E-state index in [9.17, 15) is 4.79 Å². The molecule has 1 aromatic carbocycles. The van der Waals surface area contributed by atoms with Crippen molar-refractivity contribution >= 4 is 35.8 Å². The minimum absolute atomic E-state index is 0. The van der Waals surface area contributed by atoms with Crippen molar-refractivity contribution in [2.24, 2.45) is 4.99 Å². The van der Waals surface area contributed by atoms with E-state index in [-0.39, 0.29) is 29.9 Å². The second-order valence-corrected chi connectivity index (χ2v) is 5.34. The van der Waals surface area contributed by atoms with Crippen molar-refractivity contribution < 1.29 is 4.79 Å². The predicted molar refractivity (Wildman–Crippen MR) is 107 cm³/mol. The van der Waals surface area contributed by atoms with Crippen molar-refractivity contribution in [2.45, 2.75) is 40.2 Å². The van der Waals surface area contributed by atoms with E-state index in [1.54, 1.807) is 0 Å². The Morgan fingerprint density at radius 1 is 1.04 bits per heavy atom. The molecule has 1 rings (SSSR count). The minimum atomic E-state index is -0.0149. The highest BCUT2D eigenvalue weighted by Crippen LogP contribution is 2.04. The molecule has 0 aliphatic rings. The molecule has 1 aromatic rings. The lowest BCUT2D eigenvalue weighted by molar-refractivity contribution is -0.118. The molecule has 3 N–H and O–H groups in total. The number of benzene rings is 1. The van der Waals surface area contributed by atoms with Gasteiger partial charge in [0.25, 0.3) is 0 Å². The summed E-state index contributed by atoms with van der Waals surface area (Å²) in [5, 5.41) is 9.32. The molecule has 130 valence electrons. The minimum Gasteiger partial charge on any atom is -0.356 e. The Morgan fingerprint density at radius 3 is 2.26 bits per heavy atom. The van der Waals surface area contributed by atoms with Crippen LogP contribution in [0.4, 0.5) is 0 Å². The van der Waals surface area contributed by atoms with Crippen molar-refractivity contribution in [3.05, 3.63) is 35.4 Å². The maximum absolute atomic E-state index is 10.9. The van der Waals surface area contributed by atoms with E-state index < -0.39 is 0 Å². The van der Waals surface area contributed by atoms with Gasteiger partial charge in [0.1, 0.15) is 0 Å². The number of hydrogen-bond acceptors (Lipinski definition) is 2. The van der Waals surface area contributed by atoms with Crippen LogP contribution in [0.15, 0.2) is 29.3 Å². The van der Waals surface area contributed by atoms with Crippen molar-refractivity contribution in [2.75, 3.05) is 19.6 Å². The van der Waals surface area contributed by atoms with Crippen molar-refractivity contribution in [3.63, 3.8) is 0 Å². The van der Waals surface area contributed by atoms with E-state index in [0.717, 1.165) is 25.3 Å². The second-order valence-electron chi connectivity index (χ2n) is 5.34. The normalized spacial score (nSPS) is 10.7. The molecule has 0 atom stereocenters. The summed E-state index contributed by atoms with van der Waals surface area (Å²) in [7, 11) is 0. The highest BCUT2D eigenvalue weighted by molar-refractivity contribution is 14.0. The number of amides is 1. The first-order valence-corrected chi connectivity index (χ1v) is 7.94. The molecule has 0 aliphatic carbocycles. The van der Waals surface area contributed by atoms with E-state index in [2.05, 4.69) is 59.1 Å². The average molecular weight is 432 g/mol. The molecule has 5 nitrogen and oxygen atoms in total. The summed E-state index contributed by atoms with van der Waals surface area (Å²) in [6, 6.07) is 8.39. The highest BCUT2D eigenvalue weighted by Gasteiger charge is 1.99. The molecular weight excluding hydrogens is 403 g/mol. The van der Waals surface area contributed by atoms with E-state index in [1.807, 2.05) is 0 Å². The molecule has 0 saturated heterocycles. The van der Waals surface area contributed by atoms with Gasteiger partial charge < -0.3 is 16.0 Å². The number of rotatable bonds is 8. The maximum atomic E-state index is 10.9. The second kappa shape index (κ2) is 13.2. The van der Waals surface area contributed by atoms with Crippen LogP contribution in [0, 0.1) is 6.92 Å². The molecule has 0 aliphatic heterocycles. The molecule has 23 heavy (non-hydrogen) atoms. The Bertz CT molecular complexity index is 474. The number of unbranched alkanes of at least 4 members (excludes halogenated alkanes) is 1. The van der Waals surface area contributed by atoms with Crippen LogP contribution in [-0.4, -0.2) is 31.5 Å². The predicted octanol–water partition coefficient (Wildman–Crippen LogP) is 2.58. The smallest absolute Gasteiger partial charge is 0.216 e. The standard InChI is InChI=1S/C17H28N4O.HI/c1-4-5-10-19-17(20-12-11-18-15(3)22)21-13-16-8-6-14(2)7-9-16;/h6-9H,4-5,10-13H2,1-3H3,(H,18,22)(H2,19,20,21);1H. The number of aryl methyl sites for hydroxylation is 1.